The predicted octanol–water partition coefficient (Wildman–Crippen LogP) is 1.79. The smallest absolute Gasteiger partial charge is 0.231 e. The molecule has 0 bridgehead atoms. The summed E-state index contributed by atoms with van der Waals surface area (Å²) in [5, 5.41) is 4.04. The average Bonchev–Trinajstić information content (AvgIpc) is 2.79. The third-order valence-electron chi connectivity index (χ3n) is 3.42. The molecule has 0 spiro atoms. The molecule has 1 heterocycles. The average molecular weight is 254 g/mol. The Balaban J connectivity index is 2.57. The lowest BCUT2D eigenvalue weighted by Crippen LogP contribution is -2.26. The van der Waals surface area contributed by atoms with E-state index in [-0.39, 0.29) is 12.0 Å². The summed E-state index contributed by atoms with van der Waals surface area (Å²) in [4.78, 5) is 6.80. The molecule has 5 nitrogen and oxygen atoms in total. The van der Waals surface area contributed by atoms with Crippen LogP contribution < -0.4 is 5.73 Å². The summed E-state index contributed by atoms with van der Waals surface area (Å²) in [6.07, 6.45) is 1.76. The van der Waals surface area contributed by atoms with Crippen molar-refractivity contribution in [1.82, 2.24) is 15.0 Å². The minimum Gasteiger partial charge on any atom is -0.339 e. The van der Waals surface area contributed by atoms with Crippen LogP contribution in [0.2, 0.25) is 0 Å². The van der Waals surface area contributed by atoms with Crippen LogP contribution in [-0.2, 0) is 6.42 Å². The second kappa shape index (κ2) is 7.48. The molecule has 0 aromatic carbocycles. The van der Waals surface area contributed by atoms with Gasteiger partial charge in [-0.3, -0.25) is 0 Å². The molecule has 2 N–H and O–H groups in total. The van der Waals surface area contributed by atoms with E-state index in [4.69, 9.17) is 10.3 Å². The van der Waals surface area contributed by atoms with E-state index in [0.29, 0.717) is 5.89 Å². The molecular formula is C13H26N4O. The first-order chi connectivity index (χ1) is 8.62. The fourth-order valence-corrected chi connectivity index (χ4v) is 2.09. The standard InChI is InChI=1S/C13H26N4O/c1-5-11(10(4)14)13-15-12(16-18-13)8-9-17(6-2)7-3/h10-11H,5-9,14H2,1-4H3. The molecule has 0 amide bonds. The Bertz CT molecular complexity index is 333. The highest BCUT2D eigenvalue weighted by Crippen LogP contribution is 2.20. The van der Waals surface area contributed by atoms with E-state index in [1.807, 2.05) is 6.92 Å². The normalized spacial score (nSPS) is 15.0. The van der Waals surface area contributed by atoms with Crippen molar-refractivity contribution in [3.05, 3.63) is 11.7 Å². The summed E-state index contributed by atoms with van der Waals surface area (Å²) < 4.78 is 5.32. The van der Waals surface area contributed by atoms with Crippen LogP contribution in [0.4, 0.5) is 0 Å². The summed E-state index contributed by atoms with van der Waals surface area (Å²) >= 11 is 0. The van der Waals surface area contributed by atoms with E-state index in [9.17, 15) is 0 Å². The molecule has 0 saturated carbocycles. The van der Waals surface area contributed by atoms with Gasteiger partial charge in [0.2, 0.25) is 5.89 Å². The number of rotatable bonds is 8. The monoisotopic (exact) mass is 254 g/mol. The van der Waals surface area contributed by atoms with E-state index in [2.05, 4.69) is 35.8 Å². The Morgan fingerprint density at radius 2 is 1.94 bits per heavy atom. The maximum Gasteiger partial charge on any atom is 0.231 e. The number of likely N-dealkylation sites (N-methyl/N-ethyl adjacent to an activating group) is 1. The van der Waals surface area contributed by atoms with Crippen LogP contribution in [0.5, 0.6) is 0 Å². The Morgan fingerprint density at radius 3 is 2.44 bits per heavy atom. The fraction of sp³-hybridized carbons (Fsp3) is 0.846. The van der Waals surface area contributed by atoms with Gasteiger partial charge in [-0.15, -0.1) is 0 Å². The van der Waals surface area contributed by atoms with Crippen LogP contribution in [0.15, 0.2) is 4.52 Å². The molecule has 0 fully saturated rings. The van der Waals surface area contributed by atoms with E-state index >= 15 is 0 Å². The molecule has 18 heavy (non-hydrogen) atoms. The molecule has 2 atom stereocenters. The first-order valence-electron chi connectivity index (χ1n) is 6.92. The van der Waals surface area contributed by atoms with Gasteiger partial charge in [-0.05, 0) is 26.4 Å². The molecule has 0 aliphatic heterocycles. The van der Waals surface area contributed by atoms with Gasteiger partial charge in [0.25, 0.3) is 0 Å². The predicted molar refractivity (Wildman–Crippen MR) is 72.5 cm³/mol. The largest absolute Gasteiger partial charge is 0.339 e. The molecule has 1 rings (SSSR count). The lowest BCUT2D eigenvalue weighted by Gasteiger charge is -2.16. The number of nitrogens with zero attached hydrogens (tertiary/aromatic N) is 3. The zero-order chi connectivity index (χ0) is 13.5. The summed E-state index contributed by atoms with van der Waals surface area (Å²) in [6, 6.07) is 0.0473. The molecule has 104 valence electrons. The lowest BCUT2D eigenvalue weighted by molar-refractivity contribution is 0.301. The SMILES string of the molecule is CCC(c1nc(CCN(CC)CC)no1)C(C)N. The zero-order valence-electron chi connectivity index (χ0n) is 12.0. The number of nitrogens with two attached hydrogens (primary N) is 1. The van der Waals surface area contributed by atoms with Crippen molar-refractivity contribution in [1.29, 1.82) is 0 Å². The van der Waals surface area contributed by atoms with Gasteiger partial charge in [0.15, 0.2) is 5.82 Å². The summed E-state index contributed by atoms with van der Waals surface area (Å²) in [6.45, 7) is 11.5. The molecule has 1 aromatic rings. The van der Waals surface area contributed by atoms with Crippen molar-refractivity contribution in [2.75, 3.05) is 19.6 Å². The molecule has 0 radical (unpaired) electrons. The van der Waals surface area contributed by atoms with Crippen LogP contribution in [-0.4, -0.2) is 40.7 Å². The van der Waals surface area contributed by atoms with Gasteiger partial charge in [0.1, 0.15) is 0 Å². The quantitative estimate of drug-likeness (QED) is 0.766. The van der Waals surface area contributed by atoms with Gasteiger partial charge >= 0.3 is 0 Å². The van der Waals surface area contributed by atoms with Gasteiger partial charge in [-0.25, -0.2) is 0 Å². The van der Waals surface area contributed by atoms with E-state index < -0.39 is 0 Å². The number of aromatic nitrogens is 2. The van der Waals surface area contributed by atoms with Crippen LogP contribution in [0.1, 0.15) is 51.7 Å². The Morgan fingerprint density at radius 1 is 1.28 bits per heavy atom. The van der Waals surface area contributed by atoms with Crippen molar-refractivity contribution in [3.63, 3.8) is 0 Å². The second-order valence-electron chi connectivity index (χ2n) is 4.70. The van der Waals surface area contributed by atoms with Crippen molar-refractivity contribution >= 4 is 0 Å². The van der Waals surface area contributed by atoms with Crippen molar-refractivity contribution in [2.24, 2.45) is 5.73 Å². The third kappa shape index (κ3) is 4.07. The number of hydrogen-bond donors (Lipinski definition) is 1. The van der Waals surface area contributed by atoms with Gasteiger partial charge in [-0.2, -0.15) is 4.98 Å². The highest BCUT2D eigenvalue weighted by molar-refractivity contribution is 4.97. The van der Waals surface area contributed by atoms with Gasteiger partial charge in [-0.1, -0.05) is 25.9 Å². The van der Waals surface area contributed by atoms with Crippen LogP contribution in [0.25, 0.3) is 0 Å². The van der Waals surface area contributed by atoms with Crippen molar-refractivity contribution < 1.29 is 4.52 Å². The van der Waals surface area contributed by atoms with Gasteiger partial charge in [0.05, 0.1) is 5.92 Å². The van der Waals surface area contributed by atoms with Crippen LogP contribution >= 0.6 is 0 Å². The molecule has 5 heteroatoms. The maximum atomic E-state index is 5.92. The minimum absolute atomic E-state index is 0.0473. The van der Waals surface area contributed by atoms with Crippen LogP contribution in [0, 0.1) is 0 Å². The first kappa shape index (κ1) is 15.1. The van der Waals surface area contributed by atoms with Crippen LogP contribution in [0.3, 0.4) is 0 Å². The Kier molecular flexibility index (Phi) is 6.29. The summed E-state index contributed by atoms with van der Waals surface area (Å²) in [7, 11) is 0. The fourth-order valence-electron chi connectivity index (χ4n) is 2.09. The van der Waals surface area contributed by atoms with Crippen molar-refractivity contribution in [2.45, 2.75) is 52.5 Å². The van der Waals surface area contributed by atoms with Gasteiger partial charge in [0, 0.05) is 19.0 Å². The highest BCUT2D eigenvalue weighted by Gasteiger charge is 2.20. The molecule has 2 unspecified atom stereocenters. The second-order valence-corrected chi connectivity index (χ2v) is 4.70. The molecule has 1 aromatic heterocycles. The maximum absolute atomic E-state index is 5.92. The van der Waals surface area contributed by atoms with E-state index in [1.165, 1.54) is 0 Å². The first-order valence-corrected chi connectivity index (χ1v) is 6.92. The Labute approximate surface area is 110 Å². The Hall–Kier alpha value is -0.940. The minimum atomic E-state index is 0.0473. The molecular weight excluding hydrogens is 228 g/mol. The van der Waals surface area contributed by atoms with E-state index in [1.54, 1.807) is 0 Å². The third-order valence-corrected chi connectivity index (χ3v) is 3.42. The zero-order valence-corrected chi connectivity index (χ0v) is 12.0. The summed E-state index contributed by atoms with van der Waals surface area (Å²) in [5.74, 6) is 1.64. The molecule has 0 saturated heterocycles. The van der Waals surface area contributed by atoms with Crippen molar-refractivity contribution in [3.8, 4) is 0 Å². The number of hydrogen-bond acceptors (Lipinski definition) is 5. The molecule has 0 aliphatic carbocycles. The topological polar surface area (TPSA) is 68.2 Å². The van der Waals surface area contributed by atoms with E-state index in [0.717, 1.165) is 38.3 Å². The highest BCUT2D eigenvalue weighted by atomic mass is 16.5. The van der Waals surface area contributed by atoms with Gasteiger partial charge < -0.3 is 15.2 Å². The summed E-state index contributed by atoms with van der Waals surface area (Å²) in [5.41, 5.74) is 5.92. The molecule has 0 aliphatic rings. The lowest BCUT2D eigenvalue weighted by atomic mass is 9.99.